The van der Waals surface area contributed by atoms with E-state index in [2.05, 4.69) is 5.32 Å². The van der Waals surface area contributed by atoms with Crippen LogP contribution >= 0.6 is 24.0 Å². The standard InChI is InChI=1S/C13H17ClN2O2.ClH/c14-10-3-1-9(2-4-10)13(5-6-13)8-16-12(18)11(15)7-17;/h1-4,11,17H,5-8,15H2,(H,16,18);1H/t11-;/m0./s1. The molecule has 0 aromatic heterocycles. The predicted octanol–water partition coefficient (Wildman–Crippen LogP) is 1.23. The number of nitrogens with two attached hydrogens (primary N) is 1. The number of carbonyl (C=O) groups excluding carboxylic acids is 1. The van der Waals surface area contributed by atoms with Crippen LogP contribution in [0.3, 0.4) is 0 Å². The van der Waals surface area contributed by atoms with Crippen molar-refractivity contribution in [3.8, 4) is 0 Å². The minimum absolute atomic E-state index is 0. The molecule has 6 heteroatoms. The molecule has 1 atom stereocenters. The lowest BCUT2D eigenvalue weighted by Crippen LogP contribution is -2.45. The van der Waals surface area contributed by atoms with Crippen LogP contribution in [0.5, 0.6) is 0 Å². The van der Waals surface area contributed by atoms with Crippen molar-refractivity contribution in [2.75, 3.05) is 13.2 Å². The molecule has 0 aliphatic heterocycles. The number of aliphatic hydroxyl groups excluding tert-OH is 1. The largest absolute Gasteiger partial charge is 0.394 e. The molecule has 1 aliphatic carbocycles. The zero-order valence-corrected chi connectivity index (χ0v) is 12.0. The van der Waals surface area contributed by atoms with Gasteiger partial charge in [-0.25, -0.2) is 0 Å². The monoisotopic (exact) mass is 304 g/mol. The lowest BCUT2D eigenvalue weighted by molar-refractivity contribution is -0.123. The fourth-order valence-corrected chi connectivity index (χ4v) is 2.12. The molecule has 4 nitrogen and oxygen atoms in total. The van der Waals surface area contributed by atoms with Crippen molar-refractivity contribution < 1.29 is 9.90 Å². The van der Waals surface area contributed by atoms with Gasteiger partial charge in [-0.1, -0.05) is 23.7 Å². The fourth-order valence-electron chi connectivity index (χ4n) is 1.99. The van der Waals surface area contributed by atoms with Gasteiger partial charge in [0.15, 0.2) is 0 Å². The average Bonchev–Trinajstić information content (AvgIpc) is 3.17. The Morgan fingerprint density at radius 3 is 2.47 bits per heavy atom. The summed E-state index contributed by atoms with van der Waals surface area (Å²) in [6.45, 7) is 0.223. The number of rotatable bonds is 5. The summed E-state index contributed by atoms with van der Waals surface area (Å²) in [6.07, 6.45) is 2.09. The highest BCUT2D eigenvalue weighted by Gasteiger charge is 2.44. The minimum atomic E-state index is -0.842. The Labute approximate surface area is 123 Å². The van der Waals surface area contributed by atoms with E-state index >= 15 is 0 Å². The smallest absolute Gasteiger partial charge is 0.239 e. The summed E-state index contributed by atoms with van der Waals surface area (Å²) in [5, 5.41) is 12.3. The van der Waals surface area contributed by atoms with Crippen LogP contribution in [0.2, 0.25) is 5.02 Å². The van der Waals surface area contributed by atoms with E-state index in [1.807, 2.05) is 24.3 Å². The van der Waals surface area contributed by atoms with E-state index in [9.17, 15) is 4.79 Å². The van der Waals surface area contributed by atoms with E-state index in [1.54, 1.807) is 0 Å². The Bertz CT molecular complexity index is 433. The first-order chi connectivity index (χ1) is 8.57. The molecule has 0 radical (unpaired) electrons. The summed E-state index contributed by atoms with van der Waals surface area (Å²) in [5.74, 6) is -0.308. The van der Waals surface area contributed by atoms with Crippen molar-refractivity contribution >= 4 is 29.9 Å². The van der Waals surface area contributed by atoms with Crippen LogP contribution in [0.25, 0.3) is 0 Å². The first kappa shape index (κ1) is 16.2. The molecule has 1 saturated carbocycles. The average molecular weight is 305 g/mol. The van der Waals surface area contributed by atoms with E-state index in [0.717, 1.165) is 12.8 Å². The Morgan fingerprint density at radius 1 is 1.42 bits per heavy atom. The molecule has 1 aliphatic rings. The van der Waals surface area contributed by atoms with Crippen LogP contribution in [-0.4, -0.2) is 30.2 Å². The fraction of sp³-hybridized carbons (Fsp3) is 0.462. The summed E-state index contributed by atoms with van der Waals surface area (Å²) < 4.78 is 0. The van der Waals surface area contributed by atoms with Gasteiger partial charge in [0.2, 0.25) is 5.91 Å². The maximum Gasteiger partial charge on any atom is 0.239 e. The van der Waals surface area contributed by atoms with Gasteiger partial charge in [0.05, 0.1) is 6.61 Å². The molecule has 19 heavy (non-hydrogen) atoms. The molecule has 1 fully saturated rings. The number of benzene rings is 1. The third-order valence-electron chi connectivity index (χ3n) is 3.44. The second kappa shape index (κ2) is 6.57. The molecule has 1 aromatic rings. The molecule has 2 rings (SSSR count). The molecular weight excluding hydrogens is 287 g/mol. The van der Waals surface area contributed by atoms with Gasteiger partial charge >= 0.3 is 0 Å². The summed E-state index contributed by atoms with van der Waals surface area (Å²) in [7, 11) is 0. The maximum atomic E-state index is 11.5. The van der Waals surface area contributed by atoms with Gasteiger partial charge in [0.1, 0.15) is 6.04 Å². The minimum Gasteiger partial charge on any atom is -0.394 e. The van der Waals surface area contributed by atoms with Crippen molar-refractivity contribution in [3.05, 3.63) is 34.9 Å². The van der Waals surface area contributed by atoms with Crippen molar-refractivity contribution in [2.45, 2.75) is 24.3 Å². The van der Waals surface area contributed by atoms with Crippen LogP contribution < -0.4 is 11.1 Å². The van der Waals surface area contributed by atoms with E-state index in [-0.39, 0.29) is 30.3 Å². The first-order valence-electron chi connectivity index (χ1n) is 5.98. The van der Waals surface area contributed by atoms with Gasteiger partial charge in [-0.05, 0) is 30.5 Å². The second-order valence-electron chi connectivity index (χ2n) is 4.79. The van der Waals surface area contributed by atoms with E-state index in [0.29, 0.717) is 11.6 Å². The molecule has 106 valence electrons. The number of hydrogen-bond donors (Lipinski definition) is 3. The summed E-state index contributed by atoms with van der Waals surface area (Å²) in [6, 6.07) is 6.86. The van der Waals surface area contributed by atoms with Crippen molar-refractivity contribution in [2.24, 2.45) is 5.73 Å². The van der Waals surface area contributed by atoms with E-state index in [4.69, 9.17) is 22.4 Å². The molecule has 4 N–H and O–H groups in total. The number of aliphatic hydroxyl groups is 1. The van der Waals surface area contributed by atoms with Crippen molar-refractivity contribution in [1.29, 1.82) is 0 Å². The highest BCUT2D eigenvalue weighted by Crippen LogP contribution is 2.47. The number of carbonyl (C=O) groups is 1. The summed E-state index contributed by atoms with van der Waals surface area (Å²) >= 11 is 5.86. The number of hydrogen-bond acceptors (Lipinski definition) is 3. The molecule has 0 spiro atoms. The predicted molar refractivity (Wildman–Crippen MR) is 77.7 cm³/mol. The van der Waals surface area contributed by atoms with E-state index < -0.39 is 6.04 Å². The van der Waals surface area contributed by atoms with Gasteiger partial charge in [0.25, 0.3) is 0 Å². The van der Waals surface area contributed by atoms with Gasteiger partial charge in [-0.15, -0.1) is 12.4 Å². The third kappa shape index (κ3) is 3.83. The first-order valence-corrected chi connectivity index (χ1v) is 6.35. The Balaban J connectivity index is 0.00000180. The Kier molecular flexibility index (Phi) is 5.62. The van der Waals surface area contributed by atoms with Crippen LogP contribution in [-0.2, 0) is 10.2 Å². The highest BCUT2D eigenvalue weighted by molar-refractivity contribution is 6.30. The van der Waals surface area contributed by atoms with Gasteiger partial charge < -0.3 is 16.2 Å². The third-order valence-corrected chi connectivity index (χ3v) is 3.70. The molecule has 1 aromatic carbocycles. The van der Waals surface area contributed by atoms with Gasteiger partial charge in [0, 0.05) is 17.0 Å². The lowest BCUT2D eigenvalue weighted by Gasteiger charge is -2.18. The van der Waals surface area contributed by atoms with Crippen LogP contribution in [0.1, 0.15) is 18.4 Å². The number of amides is 1. The molecule has 0 saturated heterocycles. The molecule has 0 bridgehead atoms. The lowest BCUT2D eigenvalue weighted by atomic mass is 9.96. The quantitative estimate of drug-likeness (QED) is 0.766. The van der Waals surface area contributed by atoms with Crippen LogP contribution in [0, 0.1) is 0 Å². The maximum absolute atomic E-state index is 11.5. The normalized spacial score (nSPS) is 17.2. The summed E-state index contributed by atoms with van der Waals surface area (Å²) in [5.41, 5.74) is 6.65. The molecule has 0 unspecified atom stereocenters. The van der Waals surface area contributed by atoms with Crippen LogP contribution in [0.15, 0.2) is 24.3 Å². The van der Waals surface area contributed by atoms with Crippen molar-refractivity contribution in [1.82, 2.24) is 5.32 Å². The zero-order valence-electron chi connectivity index (χ0n) is 10.4. The Morgan fingerprint density at radius 2 is 2.00 bits per heavy atom. The van der Waals surface area contributed by atoms with Crippen LogP contribution in [0.4, 0.5) is 0 Å². The van der Waals surface area contributed by atoms with E-state index in [1.165, 1.54) is 5.56 Å². The molecular formula is C13H18Cl2N2O2. The number of halogens is 2. The number of nitrogens with one attached hydrogen (secondary N) is 1. The second-order valence-corrected chi connectivity index (χ2v) is 5.23. The Hall–Kier alpha value is -0.810. The zero-order chi connectivity index (χ0) is 13.2. The van der Waals surface area contributed by atoms with Gasteiger partial charge in [-0.3, -0.25) is 4.79 Å². The van der Waals surface area contributed by atoms with Crippen molar-refractivity contribution in [3.63, 3.8) is 0 Å². The highest BCUT2D eigenvalue weighted by atomic mass is 35.5. The summed E-state index contributed by atoms with van der Waals surface area (Å²) in [4.78, 5) is 11.5. The molecule has 0 heterocycles. The van der Waals surface area contributed by atoms with Gasteiger partial charge in [-0.2, -0.15) is 0 Å². The SMILES string of the molecule is Cl.N[C@@H](CO)C(=O)NCC1(c2ccc(Cl)cc2)CC1. The topological polar surface area (TPSA) is 75.3 Å². The molecule has 1 amide bonds.